The van der Waals surface area contributed by atoms with Crippen LogP contribution in [-0.4, -0.2) is 22.0 Å². The number of anilines is 1. The van der Waals surface area contributed by atoms with Gasteiger partial charge in [0.1, 0.15) is 11.6 Å². The Labute approximate surface area is 112 Å². The molecule has 0 aliphatic rings. The average molecular weight is 261 g/mol. The van der Waals surface area contributed by atoms with Crippen LogP contribution in [0, 0.1) is 0 Å². The first-order chi connectivity index (χ1) is 9.11. The predicted molar refractivity (Wildman–Crippen MR) is 73.9 cm³/mol. The highest BCUT2D eigenvalue weighted by Crippen LogP contribution is 2.24. The lowest BCUT2D eigenvalue weighted by atomic mass is 10.0. The quantitative estimate of drug-likeness (QED) is 0.858. The lowest BCUT2D eigenvalue weighted by Crippen LogP contribution is -2.04. The third kappa shape index (κ3) is 3.06. The molecule has 5 heteroatoms. The van der Waals surface area contributed by atoms with E-state index in [0.29, 0.717) is 17.8 Å². The maximum absolute atomic E-state index is 10.1. The molecule has 1 aromatic heterocycles. The van der Waals surface area contributed by atoms with Gasteiger partial charge in [0.2, 0.25) is 0 Å². The number of nitrogen functional groups attached to an aromatic ring is 1. The number of rotatable bonds is 5. The molecule has 5 nitrogen and oxygen atoms in total. The topological polar surface area (TPSA) is 73.3 Å². The van der Waals surface area contributed by atoms with Crippen LogP contribution in [0.2, 0.25) is 0 Å². The molecule has 1 unspecified atom stereocenters. The summed E-state index contributed by atoms with van der Waals surface area (Å²) in [7, 11) is 3.40. The molecule has 0 amide bonds. The highest BCUT2D eigenvalue weighted by atomic mass is 16.5. The van der Waals surface area contributed by atoms with Gasteiger partial charge in [0.05, 0.1) is 19.4 Å². The highest BCUT2D eigenvalue weighted by Gasteiger charge is 2.14. The molecule has 1 heterocycles. The van der Waals surface area contributed by atoms with Crippen molar-refractivity contribution in [2.75, 3.05) is 12.8 Å². The van der Waals surface area contributed by atoms with Crippen molar-refractivity contribution in [3.05, 3.63) is 41.6 Å². The van der Waals surface area contributed by atoms with E-state index in [1.54, 1.807) is 25.0 Å². The van der Waals surface area contributed by atoms with Crippen molar-refractivity contribution >= 4 is 5.82 Å². The van der Waals surface area contributed by atoms with E-state index in [4.69, 9.17) is 10.5 Å². The van der Waals surface area contributed by atoms with Crippen molar-refractivity contribution in [3.63, 3.8) is 0 Å². The molecule has 0 fully saturated rings. The number of aromatic nitrogens is 2. The van der Waals surface area contributed by atoms with Gasteiger partial charge in [-0.15, -0.1) is 0 Å². The molecule has 0 radical (unpaired) electrons. The van der Waals surface area contributed by atoms with Gasteiger partial charge < -0.3 is 15.6 Å². The van der Waals surface area contributed by atoms with Gasteiger partial charge in [-0.2, -0.15) is 5.10 Å². The first-order valence-electron chi connectivity index (χ1n) is 6.20. The van der Waals surface area contributed by atoms with Gasteiger partial charge in [0.25, 0.3) is 0 Å². The molecule has 3 N–H and O–H groups in total. The Morgan fingerprint density at radius 2 is 2.05 bits per heavy atom. The SMILES string of the molecule is COc1ccc(CCC(O)c2cnn(C)c2N)cc1. The number of hydrogen-bond donors (Lipinski definition) is 2. The molecule has 0 aliphatic heterocycles. The standard InChI is InChI=1S/C14H19N3O2/c1-17-14(15)12(9-16-17)13(18)8-5-10-3-6-11(19-2)7-4-10/h3-4,6-7,9,13,18H,5,8,15H2,1-2H3. The number of aliphatic hydroxyl groups excluding tert-OH is 1. The Balaban J connectivity index is 1.96. The first kappa shape index (κ1) is 13.4. The van der Waals surface area contributed by atoms with Crippen LogP contribution in [0.4, 0.5) is 5.82 Å². The van der Waals surface area contributed by atoms with E-state index in [9.17, 15) is 5.11 Å². The highest BCUT2D eigenvalue weighted by molar-refractivity contribution is 5.40. The predicted octanol–water partition coefficient (Wildman–Crippen LogP) is 1.68. The monoisotopic (exact) mass is 261 g/mol. The summed E-state index contributed by atoms with van der Waals surface area (Å²) >= 11 is 0. The zero-order chi connectivity index (χ0) is 13.8. The Morgan fingerprint density at radius 1 is 1.37 bits per heavy atom. The summed E-state index contributed by atoms with van der Waals surface area (Å²) in [5.74, 6) is 1.35. The molecule has 0 saturated carbocycles. The fourth-order valence-corrected chi connectivity index (χ4v) is 1.97. The largest absolute Gasteiger partial charge is 0.497 e. The van der Waals surface area contributed by atoms with Crippen molar-refractivity contribution in [1.29, 1.82) is 0 Å². The van der Waals surface area contributed by atoms with Crippen molar-refractivity contribution in [1.82, 2.24) is 9.78 Å². The van der Waals surface area contributed by atoms with E-state index in [1.807, 2.05) is 24.3 Å². The summed E-state index contributed by atoms with van der Waals surface area (Å²) in [5.41, 5.74) is 7.68. The molecular formula is C14H19N3O2. The molecule has 2 aromatic rings. The number of aliphatic hydroxyl groups is 1. The molecule has 0 bridgehead atoms. The van der Waals surface area contributed by atoms with Crippen LogP contribution in [0.3, 0.4) is 0 Å². The molecule has 0 aliphatic carbocycles. The van der Waals surface area contributed by atoms with E-state index in [-0.39, 0.29) is 0 Å². The number of benzene rings is 1. The van der Waals surface area contributed by atoms with Crippen LogP contribution in [0.25, 0.3) is 0 Å². The van der Waals surface area contributed by atoms with E-state index in [2.05, 4.69) is 5.10 Å². The molecule has 102 valence electrons. The van der Waals surface area contributed by atoms with Gasteiger partial charge in [-0.05, 0) is 30.5 Å². The van der Waals surface area contributed by atoms with Gasteiger partial charge >= 0.3 is 0 Å². The molecule has 1 aromatic carbocycles. The van der Waals surface area contributed by atoms with Gasteiger partial charge in [-0.1, -0.05) is 12.1 Å². The zero-order valence-electron chi connectivity index (χ0n) is 11.2. The van der Waals surface area contributed by atoms with Crippen molar-refractivity contribution < 1.29 is 9.84 Å². The third-order valence-electron chi connectivity index (χ3n) is 3.24. The molecule has 2 rings (SSSR count). The third-order valence-corrected chi connectivity index (χ3v) is 3.24. The minimum absolute atomic E-state index is 0.516. The fourth-order valence-electron chi connectivity index (χ4n) is 1.97. The average Bonchev–Trinajstić information content (AvgIpc) is 2.77. The number of hydrogen-bond acceptors (Lipinski definition) is 4. The van der Waals surface area contributed by atoms with Gasteiger partial charge in [-0.25, -0.2) is 0 Å². The van der Waals surface area contributed by atoms with E-state index >= 15 is 0 Å². The lowest BCUT2D eigenvalue weighted by molar-refractivity contribution is 0.168. The molecule has 0 spiro atoms. The van der Waals surface area contributed by atoms with Crippen molar-refractivity contribution in [2.45, 2.75) is 18.9 Å². The normalized spacial score (nSPS) is 12.4. The fraction of sp³-hybridized carbons (Fsp3) is 0.357. The second-order valence-corrected chi connectivity index (χ2v) is 4.51. The minimum atomic E-state index is -0.587. The first-order valence-corrected chi connectivity index (χ1v) is 6.20. The molecule has 19 heavy (non-hydrogen) atoms. The van der Waals surface area contributed by atoms with Crippen LogP contribution in [0.1, 0.15) is 23.7 Å². The van der Waals surface area contributed by atoms with Crippen molar-refractivity contribution in [2.24, 2.45) is 7.05 Å². The summed E-state index contributed by atoms with van der Waals surface area (Å²) in [6, 6.07) is 7.83. The van der Waals surface area contributed by atoms with Gasteiger partial charge in [0.15, 0.2) is 0 Å². The van der Waals surface area contributed by atoms with E-state index in [1.165, 1.54) is 0 Å². The second-order valence-electron chi connectivity index (χ2n) is 4.51. The number of aryl methyl sites for hydroxylation is 2. The number of nitrogens with two attached hydrogens (primary N) is 1. The molecule has 1 atom stereocenters. The number of ether oxygens (including phenoxy) is 1. The van der Waals surface area contributed by atoms with Crippen LogP contribution >= 0.6 is 0 Å². The summed E-state index contributed by atoms with van der Waals surface area (Å²) in [6.07, 6.45) is 2.42. The summed E-state index contributed by atoms with van der Waals surface area (Å²) in [4.78, 5) is 0. The molecular weight excluding hydrogens is 242 g/mol. The van der Waals surface area contributed by atoms with E-state index < -0.39 is 6.10 Å². The van der Waals surface area contributed by atoms with Crippen LogP contribution < -0.4 is 10.5 Å². The van der Waals surface area contributed by atoms with Crippen LogP contribution in [0.5, 0.6) is 5.75 Å². The number of methoxy groups -OCH3 is 1. The second kappa shape index (κ2) is 5.75. The Kier molecular flexibility index (Phi) is 4.06. The van der Waals surface area contributed by atoms with E-state index in [0.717, 1.165) is 17.7 Å². The Bertz CT molecular complexity index is 534. The summed E-state index contributed by atoms with van der Waals surface area (Å²) in [5, 5.41) is 14.1. The Morgan fingerprint density at radius 3 is 2.58 bits per heavy atom. The van der Waals surface area contributed by atoms with Gasteiger partial charge in [-0.3, -0.25) is 4.68 Å². The van der Waals surface area contributed by atoms with Gasteiger partial charge in [0, 0.05) is 12.6 Å². The zero-order valence-corrected chi connectivity index (χ0v) is 11.2. The van der Waals surface area contributed by atoms with Crippen molar-refractivity contribution in [3.8, 4) is 5.75 Å². The smallest absolute Gasteiger partial charge is 0.127 e. The Hall–Kier alpha value is -2.01. The summed E-state index contributed by atoms with van der Waals surface area (Å²) in [6.45, 7) is 0. The maximum atomic E-state index is 10.1. The minimum Gasteiger partial charge on any atom is -0.497 e. The van der Waals surface area contributed by atoms with Crippen LogP contribution in [-0.2, 0) is 13.5 Å². The molecule has 0 saturated heterocycles. The lowest BCUT2D eigenvalue weighted by Gasteiger charge is -2.10. The number of nitrogens with zero attached hydrogens (tertiary/aromatic N) is 2. The van der Waals surface area contributed by atoms with Crippen LogP contribution in [0.15, 0.2) is 30.5 Å². The maximum Gasteiger partial charge on any atom is 0.127 e. The summed E-state index contributed by atoms with van der Waals surface area (Å²) < 4.78 is 6.67.